The zero-order valence-corrected chi connectivity index (χ0v) is 20.8. The Morgan fingerprint density at radius 1 is 0.838 bits per heavy atom. The fourth-order valence-electron chi connectivity index (χ4n) is 4.20. The molecule has 7 nitrogen and oxygen atoms in total. The fourth-order valence-corrected chi connectivity index (χ4v) is 6.84. The van der Waals surface area contributed by atoms with Gasteiger partial charge in [-0.2, -0.15) is 0 Å². The number of hydrogen-bond acceptors (Lipinski definition) is 7. The minimum absolute atomic E-state index is 0.0914. The highest BCUT2D eigenvalue weighted by atomic mass is 32.2. The number of aromatic nitrogens is 2. The first kappa shape index (κ1) is 23.2. The lowest BCUT2D eigenvalue weighted by Gasteiger charge is -2.11. The van der Waals surface area contributed by atoms with Crippen molar-refractivity contribution in [3.63, 3.8) is 0 Å². The van der Waals surface area contributed by atoms with E-state index in [-0.39, 0.29) is 21.4 Å². The van der Waals surface area contributed by atoms with Gasteiger partial charge in [-0.15, -0.1) is 0 Å². The van der Waals surface area contributed by atoms with Gasteiger partial charge in [0.1, 0.15) is 11.1 Å². The molecule has 0 fully saturated rings. The van der Waals surface area contributed by atoms with Gasteiger partial charge in [-0.1, -0.05) is 72.4 Å². The Kier molecular flexibility index (Phi) is 5.66. The first-order chi connectivity index (χ1) is 17.9. The molecule has 37 heavy (non-hydrogen) atoms. The molecule has 0 radical (unpaired) electrons. The quantitative estimate of drug-likeness (QED) is 0.160. The van der Waals surface area contributed by atoms with Crippen LogP contribution in [0.5, 0.6) is 0 Å². The monoisotopic (exact) mass is 526 g/mol. The Balaban J connectivity index is 1.39. The molecule has 0 atom stereocenters. The lowest BCUT2D eigenvalue weighted by molar-refractivity contribution is 0.101. The van der Waals surface area contributed by atoms with Crippen LogP contribution in [0, 0.1) is 0 Å². The molecule has 0 spiro atoms. The van der Waals surface area contributed by atoms with Gasteiger partial charge in [0, 0.05) is 5.39 Å². The van der Waals surface area contributed by atoms with E-state index in [1.165, 1.54) is 6.07 Å². The maximum absolute atomic E-state index is 13.8. The van der Waals surface area contributed by atoms with Gasteiger partial charge in [0.05, 0.1) is 21.7 Å². The molecule has 0 amide bonds. The topological polar surface area (TPSA) is 99.2 Å². The van der Waals surface area contributed by atoms with Crippen molar-refractivity contribution >= 4 is 60.3 Å². The van der Waals surface area contributed by atoms with Crippen molar-refractivity contribution in [2.24, 2.45) is 0 Å². The Hall–Kier alpha value is -4.21. The molecule has 182 valence electrons. The molecule has 0 saturated heterocycles. The van der Waals surface area contributed by atoms with Crippen molar-refractivity contribution in [2.45, 2.75) is 10.1 Å². The van der Waals surface area contributed by atoms with Crippen molar-refractivity contribution in [3.8, 4) is 0 Å². The number of carbonyl (C=O) groups is 1. The lowest BCUT2D eigenvalue weighted by atomic mass is 10.1. The highest BCUT2D eigenvalue weighted by Crippen LogP contribution is 2.30. The summed E-state index contributed by atoms with van der Waals surface area (Å²) in [6.45, 7) is 0. The van der Waals surface area contributed by atoms with Gasteiger partial charge in [-0.05, 0) is 47.2 Å². The van der Waals surface area contributed by atoms with E-state index in [1.54, 1.807) is 66.7 Å². The van der Waals surface area contributed by atoms with Crippen LogP contribution in [0.25, 0.3) is 32.8 Å². The number of rotatable bonds is 6. The minimum Gasteiger partial charge on any atom is -0.422 e. The Morgan fingerprint density at radius 2 is 1.54 bits per heavy atom. The molecule has 0 aliphatic rings. The summed E-state index contributed by atoms with van der Waals surface area (Å²) >= 11 is 0.958. The smallest absolute Gasteiger partial charge is 0.347 e. The molecule has 6 aromatic rings. The van der Waals surface area contributed by atoms with Gasteiger partial charge >= 0.3 is 5.63 Å². The molecule has 0 unspecified atom stereocenters. The molecule has 6 rings (SSSR count). The molecule has 2 aromatic heterocycles. The van der Waals surface area contributed by atoms with E-state index in [9.17, 15) is 18.0 Å². The number of para-hydroxylation sites is 3. The van der Waals surface area contributed by atoms with Crippen molar-refractivity contribution in [1.82, 2.24) is 8.96 Å². The van der Waals surface area contributed by atoms with Gasteiger partial charge < -0.3 is 4.42 Å². The minimum atomic E-state index is -4.05. The summed E-state index contributed by atoms with van der Waals surface area (Å²) in [5.74, 6) is -0.675. The largest absolute Gasteiger partial charge is 0.422 e. The van der Waals surface area contributed by atoms with Crippen LogP contribution in [0.2, 0.25) is 0 Å². The third-order valence-electron chi connectivity index (χ3n) is 6.02. The molecule has 0 aliphatic carbocycles. The molecule has 9 heteroatoms. The van der Waals surface area contributed by atoms with E-state index in [2.05, 4.69) is 4.98 Å². The average molecular weight is 527 g/mol. The van der Waals surface area contributed by atoms with Crippen LogP contribution in [0.15, 0.2) is 116 Å². The Morgan fingerprint density at radius 3 is 2.38 bits per heavy atom. The predicted molar refractivity (Wildman–Crippen MR) is 144 cm³/mol. The SMILES string of the molecule is O=C(CSc1nc2ccccc2n1S(=O)(=O)c1ccc2ccccc2c1)c1cc2ccccc2oc1=O. The van der Waals surface area contributed by atoms with E-state index in [4.69, 9.17) is 4.42 Å². The predicted octanol–water partition coefficient (Wildman–Crippen LogP) is 5.51. The highest BCUT2D eigenvalue weighted by molar-refractivity contribution is 8.00. The van der Waals surface area contributed by atoms with E-state index >= 15 is 0 Å². The van der Waals surface area contributed by atoms with Gasteiger partial charge in [-0.3, -0.25) is 4.79 Å². The molecule has 0 aliphatic heterocycles. The standard InChI is InChI=1S/C28H18N2O5S2/c31-25(22-16-20-9-3-6-12-26(20)35-27(22)32)17-36-28-29-23-10-4-5-11-24(23)30(28)37(33,34)21-14-13-18-7-1-2-8-19(18)15-21/h1-16H,17H2. The van der Waals surface area contributed by atoms with Crippen LogP contribution in [-0.4, -0.2) is 28.9 Å². The van der Waals surface area contributed by atoms with Crippen LogP contribution in [0.1, 0.15) is 10.4 Å². The number of nitrogens with zero attached hydrogens (tertiary/aromatic N) is 2. The fraction of sp³-hybridized carbons (Fsp3) is 0.0357. The highest BCUT2D eigenvalue weighted by Gasteiger charge is 2.26. The second kappa shape index (κ2) is 9.02. The molecular formula is C28H18N2O5S2. The summed E-state index contributed by atoms with van der Waals surface area (Å²) in [6.07, 6.45) is 0. The summed E-state index contributed by atoms with van der Waals surface area (Å²) in [4.78, 5) is 30.0. The van der Waals surface area contributed by atoms with Crippen molar-refractivity contribution < 1.29 is 17.6 Å². The zero-order chi connectivity index (χ0) is 25.6. The van der Waals surface area contributed by atoms with E-state index in [0.29, 0.717) is 22.0 Å². The third kappa shape index (κ3) is 4.12. The maximum Gasteiger partial charge on any atom is 0.347 e. The first-order valence-electron chi connectivity index (χ1n) is 11.3. The van der Waals surface area contributed by atoms with Crippen LogP contribution < -0.4 is 5.63 Å². The van der Waals surface area contributed by atoms with Crippen LogP contribution in [-0.2, 0) is 10.0 Å². The van der Waals surface area contributed by atoms with Crippen LogP contribution in [0.3, 0.4) is 0 Å². The summed E-state index contributed by atoms with van der Waals surface area (Å²) in [6, 6.07) is 27.8. The molecule has 0 saturated carbocycles. The summed E-state index contributed by atoms with van der Waals surface area (Å²) in [5, 5.41) is 2.47. The van der Waals surface area contributed by atoms with Crippen molar-refractivity contribution in [1.29, 1.82) is 0 Å². The zero-order valence-electron chi connectivity index (χ0n) is 19.2. The average Bonchev–Trinajstić information content (AvgIpc) is 3.30. The van der Waals surface area contributed by atoms with E-state index < -0.39 is 21.4 Å². The van der Waals surface area contributed by atoms with E-state index in [0.717, 1.165) is 26.5 Å². The number of fused-ring (bicyclic) bond motifs is 3. The maximum atomic E-state index is 13.8. The lowest BCUT2D eigenvalue weighted by Crippen LogP contribution is -2.17. The van der Waals surface area contributed by atoms with Gasteiger partial charge in [-0.25, -0.2) is 22.2 Å². The molecular weight excluding hydrogens is 508 g/mol. The van der Waals surface area contributed by atoms with Crippen molar-refractivity contribution in [2.75, 3.05) is 5.75 Å². The second-order valence-electron chi connectivity index (χ2n) is 8.36. The third-order valence-corrected chi connectivity index (χ3v) is 8.78. The Labute approximate surface area is 215 Å². The number of thioether (sulfide) groups is 1. The number of imidazole rings is 1. The second-order valence-corrected chi connectivity index (χ2v) is 11.1. The summed E-state index contributed by atoms with van der Waals surface area (Å²) < 4.78 is 34.1. The number of ketones is 1. The van der Waals surface area contributed by atoms with Crippen LogP contribution in [0.4, 0.5) is 0 Å². The molecule has 0 bridgehead atoms. The van der Waals surface area contributed by atoms with E-state index in [1.807, 2.05) is 24.3 Å². The molecule has 2 heterocycles. The van der Waals surface area contributed by atoms with Gasteiger partial charge in [0.25, 0.3) is 10.0 Å². The van der Waals surface area contributed by atoms with Gasteiger partial charge in [0.2, 0.25) is 0 Å². The number of carbonyl (C=O) groups excluding carboxylic acids is 1. The molecule has 4 aromatic carbocycles. The number of Topliss-reactive ketones (excluding diaryl/α,β-unsaturated/α-hetero) is 1. The Bertz CT molecular complexity index is 2010. The van der Waals surface area contributed by atoms with Crippen LogP contribution >= 0.6 is 11.8 Å². The summed E-state index contributed by atoms with van der Waals surface area (Å²) in [7, 11) is -4.05. The normalized spacial score (nSPS) is 11.9. The van der Waals surface area contributed by atoms with Gasteiger partial charge in [0.15, 0.2) is 10.9 Å². The molecule has 0 N–H and O–H groups in total. The number of benzene rings is 4. The summed E-state index contributed by atoms with van der Waals surface area (Å²) in [5.41, 5.74) is 0.440. The number of hydrogen-bond donors (Lipinski definition) is 0. The van der Waals surface area contributed by atoms with Crippen molar-refractivity contribution in [3.05, 3.63) is 113 Å². The first-order valence-corrected chi connectivity index (χ1v) is 13.8.